The van der Waals surface area contributed by atoms with E-state index in [1.54, 1.807) is 13.8 Å². The highest BCUT2D eigenvalue weighted by Gasteiger charge is 2.22. The molecule has 9 heteroatoms. The number of carbonyl (C=O) groups is 2. The number of hydrogen-bond acceptors (Lipinski definition) is 5. The molecule has 0 saturated heterocycles. The number of sulfonamides is 1. The lowest BCUT2D eigenvalue weighted by molar-refractivity contribution is 0.0473. The summed E-state index contributed by atoms with van der Waals surface area (Å²) in [5, 5.41) is 0. The molecule has 0 aliphatic carbocycles. The molecule has 0 N–H and O–H groups in total. The van der Waals surface area contributed by atoms with Crippen LogP contribution in [0.15, 0.2) is 47.4 Å². The number of carbonyl (C=O) groups excluding carboxylic acids is 2. The van der Waals surface area contributed by atoms with Gasteiger partial charge in [0.05, 0.1) is 16.0 Å². The van der Waals surface area contributed by atoms with Crippen LogP contribution in [-0.2, 0) is 14.8 Å². The third-order valence-corrected chi connectivity index (χ3v) is 6.06. The zero-order valence-corrected chi connectivity index (χ0v) is 16.1. The molecule has 0 saturated carbocycles. The Kier molecular flexibility index (Phi) is 6.98. The van der Waals surface area contributed by atoms with Crippen LogP contribution in [-0.4, -0.2) is 44.2 Å². The number of halogens is 2. The number of nitrogens with zero attached hydrogens (tertiary/aromatic N) is 1. The summed E-state index contributed by atoms with van der Waals surface area (Å²) in [6, 6.07) is 7.43. The first-order chi connectivity index (χ1) is 13.2. The van der Waals surface area contributed by atoms with Gasteiger partial charge in [-0.2, -0.15) is 4.31 Å². The van der Waals surface area contributed by atoms with Crippen LogP contribution in [0, 0.1) is 11.6 Å². The van der Waals surface area contributed by atoms with Gasteiger partial charge in [0.2, 0.25) is 15.8 Å². The highest BCUT2D eigenvalue weighted by Crippen LogP contribution is 2.17. The Morgan fingerprint density at radius 1 is 1.00 bits per heavy atom. The van der Waals surface area contributed by atoms with Gasteiger partial charge in [-0.1, -0.05) is 13.8 Å². The summed E-state index contributed by atoms with van der Waals surface area (Å²) < 4.78 is 57.6. The van der Waals surface area contributed by atoms with Gasteiger partial charge >= 0.3 is 5.97 Å². The lowest BCUT2D eigenvalue weighted by Crippen LogP contribution is -2.30. The first-order valence-electron chi connectivity index (χ1n) is 8.46. The predicted octanol–water partition coefficient (Wildman–Crippen LogP) is 3.04. The van der Waals surface area contributed by atoms with E-state index in [-0.39, 0.29) is 10.5 Å². The van der Waals surface area contributed by atoms with E-state index in [1.807, 2.05) is 0 Å². The van der Waals surface area contributed by atoms with Crippen molar-refractivity contribution in [3.8, 4) is 0 Å². The van der Waals surface area contributed by atoms with Crippen molar-refractivity contribution < 1.29 is 31.5 Å². The molecular formula is C19H19F2NO5S. The molecule has 150 valence electrons. The number of Topliss-reactive ketones (excluding diaryl/α,β-unsaturated/α-hetero) is 1. The second-order valence-electron chi connectivity index (χ2n) is 5.74. The van der Waals surface area contributed by atoms with Gasteiger partial charge in [-0.15, -0.1) is 0 Å². The van der Waals surface area contributed by atoms with E-state index in [4.69, 9.17) is 4.74 Å². The van der Waals surface area contributed by atoms with Gasteiger partial charge in [0.1, 0.15) is 11.6 Å². The van der Waals surface area contributed by atoms with Crippen molar-refractivity contribution >= 4 is 21.8 Å². The third-order valence-electron chi connectivity index (χ3n) is 4.00. The molecule has 0 bridgehead atoms. The lowest BCUT2D eigenvalue weighted by atomic mass is 10.1. The lowest BCUT2D eigenvalue weighted by Gasteiger charge is -2.18. The molecule has 28 heavy (non-hydrogen) atoms. The fourth-order valence-corrected chi connectivity index (χ4v) is 3.94. The number of benzene rings is 2. The van der Waals surface area contributed by atoms with Gasteiger partial charge in [0.15, 0.2) is 6.61 Å². The van der Waals surface area contributed by atoms with Gasteiger partial charge in [0, 0.05) is 13.1 Å². The largest absolute Gasteiger partial charge is 0.454 e. The van der Waals surface area contributed by atoms with Crippen molar-refractivity contribution in [3.05, 3.63) is 65.2 Å². The SMILES string of the molecule is CCN(CC)S(=O)(=O)c1ccc(C(=O)OCC(=O)c2cc(F)ccc2F)cc1. The number of hydrogen-bond donors (Lipinski definition) is 0. The van der Waals surface area contributed by atoms with Crippen LogP contribution < -0.4 is 0 Å². The van der Waals surface area contributed by atoms with Gasteiger partial charge in [0.25, 0.3) is 0 Å². The van der Waals surface area contributed by atoms with Crippen LogP contribution in [0.5, 0.6) is 0 Å². The Labute approximate surface area is 161 Å². The Hall–Kier alpha value is -2.65. The monoisotopic (exact) mass is 411 g/mol. The van der Waals surface area contributed by atoms with Crippen molar-refractivity contribution in [3.63, 3.8) is 0 Å². The minimum atomic E-state index is -3.66. The van der Waals surface area contributed by atoms with Gasteiger partial charge in [-0.05, 0) is 42.5 Å². The average Bonchev–Trinajstić information content (AvgIpc) is 2.68. The Bertz CT molecular complexity index is 970. The van der Waals surface area contributed by atoms with Crippen LogP contribution in [0.3, 0.4) is 0 Å². The number of esters is 1. The summed E-state index contributed by atoms with van der Waals surface area (Å²) in [4.78, 5) is 24.0. The van der Waals surface area contributed by atoms with Gasteiger partial charge in [-0.25, -0.2) is 22.0 Å². The third kappa shape index (κ3) is 4.79. The molecular weight excluding hydrogens is 392 g/mol. The standard InChI is InChI=1S/C19H19F2NO5S/c1-3-22(4-2)28(25,26)15-8-5-13(6-9-15)19(24)27-12-18(23)16-11-14(20)7-10-17(16)21/h5-11H,3-4,12H2,1-2H3. The van der Waals surface area contributed by atoms with E-state index < -0.39 is 45.6 Å². The number of rotatable bonds is 8. The molecule has 0 unspecified atom stereocenters. The van der Waals surface area contributed by atoms with Crippen LogP contribution in [0.2, 0.25) is 0 Å². The smallest absolute Gasteiger partial charge is 0.338 e. The highest BCUT2D eigenvalue weighted by atomic mass is 32.2. The van der Waals surface area contributed by atoms with Crippen molar-refractivity contribution in [2.24, 2.45) is 0 Å². The molecule has 0 heterocycles. The minimum absolute atomic E-state index is 0.0191. The van der Waals surface area contributed by atoms with E-state index >= 15 is 0 Å². The summed E-state index contributed by atoms with van der Waals surface area (Å²) in [5.41, 5.74) is -0.500. The molecule has 0 amide bonds. The first kappa shape index (κ1) is 21.6. The van der Waals surface area contributed by atoms with E-state index in [9.17, 15) is 26.8 Å². The summed E-state index contributed by atoms with van der Waals surface area (Å²) in [7, 11) is -3.66. The van der Waals surface area contributed by atoms with E-state index in [1.165, 1.54) is 28.6 Å². The molecule has 0 fully saturated rings. The van der Waals surface area contributed by atoms with Crippen LogP contribution in [0.25, 0.3) is 0 Å². The molecule has 0 radical (unpaired) electrons. The molecule has 0 aromatic heterocycles. The molecule has 0 aliphatic rings. The van der Waals surface area contributed by atoms with Crippen LogP contribution in [0.4, 0.5) is 8.78 Å². The summed E-state index contributed by atoms with van der Waals surface area (Å²) >= 11 is 0. The van der Waals surface area contributed by atoms with Gasteiger partial charge < -0.3 is 4.74 Å². The topological polar surface area (TPSA) is 80.8 Å². The zero-order chi connectivity index (χ0) is 20.9. The van der Waals surface area contributed by atoms with Crippen molar-refractivity contribution in [1.29, 1.82) is 0 Å². The fourth-order valence-electron chi connectivity index (χ4n) is 2.48. The first-order valence-corrected chi connectivity index (χ1v) is 9.90. The quantitative estimate of drug-likeness (QED) is 0.493. The maximum absolute atomic E-state index is 13.6. The Morgan fingerprint density at radius 3 is 2.18 bits per heavy atom. The van der Waals surface area contributed by atoms with E-state index in [2.05, 4.69) is 0 Å². The zero-order valence-electron chi connectivity index (χ0n) is 15.3. The van der Waals surface area contributed by atoms with Crippen LogP contribution >= 0.6 is 0 Å². The van der Waals surface area contributed by atoms with Gasteiger partial charge in [-0.3, -0.25) is 4.79 Å². The second kappa shape index (κ2) is 9.03. The van der Waals surface area contributed by atoms with Crippen molar-refractivity contribution in [2.45, 2.75) is 18.7 Å². The summed E-state index contributed by atoms with van der Waals surface area (Å²) in [5.74, 6) is -3.50. The van der Waals surface area contributed by atoms with Crippen molar-refractivity contribution in [1.82, 2.24) is 4.31 Å². The molecule has 0 spiro atoms. The Morgan fingerprint density at radius 2 is 1.61 bits per heavy atom. The fraction of sp³-hybridized carbons (Fsp3) is 0.263. The molecule has 2 aromatic rings. The maximum atomic E-state index is 13.6. The maximum Gasteiger partial charge on any atom is 0.338 e. The molecule has 0 atom stereocenters. The Balaban J connectivity index is 2.07. The van der Waals surface area contributed by atoms with E-state index in [0.717, 1.165) is 18.2 Å². The molecule has 2 rings (SSSR count). The highest BCUT2D eigenvalue weighted by molar-refractivity contribution is 7.89. The van der Waals surface area contributed by atoms with Crippen molar-refractivity contribution in [2.75, 3.05) is 19.7 Å². The number of ketones is 1. The van der Waals surface area contributed by atoms with E-state index in [0.29, 0.717) is 13.1 Å². The summed E-state index contributed by atoms with van der Waals surface area (Å²) in [6.07, 6.45) is 0. The second-order valence-corrected chi connectivity index (χ2v) is 7.68. The average molecular weight is 411 g/mol. The molecule has 2 aromatic carbocycles. The van der Waals surface area contributed by atoms with Crippen LogP contribution in [0.1, 0.15) is 34.6 Å². The number of ether oxygens (including phenoxy) is 1. The summed E-state index contributed by atoms with van der Waals surface area (Å²) in [6.45, 7) is 3.26. The molecule has 6 nitrogen and oxygen atoms in total. The minimum Gasteiger partial charge on any atom is -0.454 e. The molecule has 0 aliphatic heterocycles. The predicted molar refractivity (Wildman–Crippen MR) is 97.5 cm³/mol. The normalized spacial score (nSPS) is 11.5.